The van der Waals surface area contributed by atoms with Crippen LogP contribution in [0.15, 0.2) is 36.4 Å². The van der Waals surface area contributed by atoms with Crippen LogP contribution in [0.3, 0.4) is 0 Å². The number of benzene rings is 2. The van der Waals surface area contributed by atoms with Gasteiger partial charge in [-0.05, 0) is 44.5 Å². The number of anilines is 1. The first-order valence-electron chi connectivity index (χ1n) is 11.1. The SMILES string of the molecule is CC(C)(NC(=O)Nc1ccc2c(c1F)C(=O)N(C1CCC(=O)NC1=O)C2=O)c1nc2ccccc2s1. The van der Waals surface area contributed by atoms with Gasteiger partial charge in [0.15, 0.2) is 5.82 Å². The number of nitrogens with one attached hydrogen (secondary N) is 3. The third-order valence-electron chi connectivity index (χ3n) is 6.05. The van der Waals surface area contributed by atoms with E-state index >= 15 is 4.39 Å². The highest BCUT2D eigenvalue weighted by Gasteiger charge is 2.46. The summed E-state index contributed by atoms with van der Waals surface area (Å²) in [5, 5.41) is 7.87. The molecule has 1 saturated heterocycles. The molecule has 5 rings (SSSR count). The summed E-state index contributed by atoms with van der Waals surface area (Å²) in [6, 6.07) is 7.98. The molecule has 6 amide bonds. The fraction of sp³-hybridized carbons (Fsp3) is 0.250. The molecule has 0 spiro atoms. The highest BCUT2D eigenvalue weighted by atomic mass is 32.1. The molecule has 12 heteroatoms. The van der Waals surface area contributed by atoms with Crippen molar-refractivity contribution in [3.8, 4) is 0 Å². The molecule has 2 aromatic carbocycles. The maximum Gasteiger partial charge on any atom is 0.320 e. The van der Waals surface area contributed by atoms with E-state index in [1.807, 2.05) is 24.3 Å². The van der Waals surface area contributed by atoms with Gasteiger partial charge in [-0.2, -0.15) is 0 Å². The number of imide groups is 2. The monoisotopic (exact) mass is 509 g/mol. The minimum Gasteiger partial charge on any atom is -0.326 e. The lowest BCUT2D eigenvalue weighted by Gasteiger charge is -2.27. The fourth-order valence-electron chi connectivity index (χ4n) is 4.24. The van der Waals surface area contributed by atoms with Crippen molar-refractivity contribution in [3.63, 3.8) is 0 Å². The number of hydrogen-bond acceptors (Lipinski definition) is 7. The third-order valence-corrected chi connectivity index (χ3v) is 7.41. The van der Waals surface area contributed by atoms with E-state index < -0.39 is 52.6 Å². The van der Waals surface area contributed by atoms with Crippen LogP contribution in [-0.2, 0) is 15.1 Å². The number of rotatable bonds is 4. The number of fused-ring (bicyclic) bond motifs is 2. The van der Waals surface area contributed by atoms with Crippen molar-refractivity contribution in [2.75, 3.05) is 5.32 Å². The lowest BCUT2D eigenvalue weighted by Crippen LogP contribution is -2.54. The predicted molar refractivity (Wildman–Crippen MR) is 128 cm³/mol. The summed E-state index contributed by atoms with van der Waals surface area (Å²) in [6.07, 6.45) is -0.101. The minimum absolute atomic E-state index is 0.0495. The largest absolute Gasteiger partial charge is 0.326 e. The fourth-order valence-corrected chi connectivity index (χ4v) is 5.27. The normalized spacial score (nSPS) is 17.9. The standard InChI is InChI=1S/C24H20FN5O5S/c1-24(2,22-26-12-5-3-4-6-15(12)36-22)29-23(35)27-13-8-7-11-17(18(13)25)21(34)30(20(11)33)14-9-10-16(31)28-19(14)32/h3-8,14H,9-10H2,1-2H3,(H2,27,29,35)(H,28,31,32). The molecule has 3 N–H and O–H groups in total. The van der Waals surface area contributed by atoms with Gasteiger partial charge in [0.1, 0.15) is 11.0 Å². The zero-order chi connectivity index (χ0) is 25.8. The summed E-state index contributed by atoms with van der Waals surface area (Å²) in [4.78, 5) is 67.3. The zero-order valence-corrected chi connectivity index (χ0v) is 20.0. The third kappa shape index (κ3) is 3.88. The van der Waals surface area contributed by atoms with Crippen molar-refractivity contribution >= 4 is 56.9 Å². The van der Waals surface area contributed by atoms with Gasteiger partial charge in [0.25, 0.3) is 11.8 Å². The van der Waals surface area contributed by atoms with Crippen LogP contribution in [0.1, 0.15) is 52.4 Å². The van der Waals surface area contributed by atoms with Gasteiger partial charge < -0.3 is 10.6 Å². The van der Waals surface area contributed by atoms with Gasteiger partial charge >= 0.3 is 6.03 Å². The van der Waals surface area contributed by atoms with E-state index in [0.717, 1.165) is 10.2 Å². The molecule has 1 fully saturated rings. The highest BCUT2D eigenvalue weighted by Crippen LogP contribution is 2.33. The predicted octanol–water partition coefficient (Wildman–Crippen LogP) is 2.89. The molecular weight excluding hydrogens is 489 g/mol. The Bertz CT molecular complexity index is 1450. The maximum absolute atomic E-state index is 15.3. The van der Waals surface area contributed by atoms with Crippen LogP contribution in [0, 0.1) is 5.82 Å². The van der Waals surface area contributed by atoms with E-state index in [4.69, 9.17) is 0 Å². The topological polar surface area (TPSA) is 138 Å². The van der Waals surface area contributed by atoms with Crippen molar-refractivity contribution in [1.82, 2.24) is 20.5 Å². The van der Waals surface area contributed by atoms with E-state index in [1.54, 1.807) is 13.8 Å². The molecule has 1 aromatic heterocycles. The molecule has 0 aliphatic carbocycles. The van der Waals surface area contributed by atoms with Crippen molar-refractivity contribution in [2.24, 2.45) is 0 Å². The summed E-state index contributed by atoms with van der Waals surface area (Å²) < 4.78 is 16.3. The van der Waals surface area contributed by atoms with Crippen molar-refractivity contribution in [2.45, 2.75) is 38.3 Å². The average molecular weight is 510 g/mol. The first kappa shape index (κ1) is 23.5. The zero-order valence-electron chi connectivity index (χ0n) is 19.2. The first-order valence-corrected chi connectivity index (χ1v) is 11.9. The van der Waals surface area contributed by atoms with E-state index in [9.17, 15) is 24.0 Å². The Balaban J connectivity index is 1.35. The number of amides is 6. The summed E-state index contributed by atoms with van der Waals surface area (Å²) in [6.45, 7) is 3.51. The second kappa shape index (κ2) is 8.48. The number of para-hydroxylation sites is 1. The molecule has 10 nitrogen and oxygen atoms in total. The minimum atomic E-state index is -1.22. The smallest absolute Gasteiger partial charge is 0.320 e. The van der Waals surface area contributed by atoms with Crippen LogP contribution in [-0.4, -0.2) is 45.6 Å². The van der Waals surface area contributed by atoms with Crippen LogP contribution in [0.2, 0.25) is 0 Å². The van der Waals surface area contributed by atoms with Gasteiger partial charge in [-0.3, -0.25) is 29.4 Å². The molecule has 1 atom stereocenters. The Hall–Kier alpha value is -4.19. The number of urea groups is 1. The molecular formula is C24H20FN5O5S. The molecule has 2 aliphatic rings. The van der Waals surface area contributed by atoms with Crippen molar-refractivity contribution in [1.29, 1.82) is 0 Å². The quantitative estimate of drug-likeness (QED) is 0.463. The number of hydrogen-bond donors (Lipinski definition) is 3. The molecule has 3 aromatic rings. The average Bonchev–Trinajstić information content (AvgIpc) is 3.36. The number of aromatic nitrogens is 1. The summed E-state index contributed by atoms with van der Waals surface area (Å²) in [5.74, 6) is -4.23. The van der Waals surface area contributed by atoms with Crippen molar-refractivity contribution < 1.29 is 28.4 Å². The molecule has 0 saturated carbocycles. The molecule has 0 radical (unpaired) electrons. The van der Waals surface area contributed by atoms with Gasteiger partial charge in [-0.15, -0.1) is 11.3 Å². The molecule has 3 heterocycles. The molecule has 0 bridgehead atoms. The van der Waals surface area contributed by atoms with Gasteiger partial charge in [0, 0.05) is 6.42 Å². The van der Waals surface area contributed by atoms with Crippen LogP contribution in [0.5, 0.6) is 0 Å². The Morgan fingerprint density at radius 2 is 1.89 bits per heavy atom. The Labute approximate surface area is 207 Å². The Kier molecular flexibility index (Phi) is 5.55. The van der Waals surface area contributed by atoms with Crippen LogP contribution in [0.4, 0.5) is 14.9 Å². The summed E-state index contributed by atoms with van der Waals surface area (Å²) >= 11 is 1.42. The highest BCUT2D eigenvalue weighted by molar-refractivity contribution is 7.18. The Morgan fingerprint density at radius 1 is 1.14 bits per heavy atom. The van der Waals surface area contributed by atoms with Gasteiger partial charge in [0.05, 0.1) is 32.6 Å². The number of carbonyl (C=O) groups is 5. The molecule has 36 heavy (non-hydrogen) atoms. The molecule has 1 unspecified atom stereocenters. The lowest BCUT2D eigenvalue weighted by molar-refractivity contribution is -0.136. The lowest BCUT2D eigenvalue weighted by atomic mass is 10.0. The van der Waals surface area contributed by atoms with Gasteiger partial charge in [-0.1, -0.05) is 12.1 Å². The van der Waals surface area contributed by atoms with E-state index in [1.165, 1.54) is 23.5 Å². The number of carbonyl (C=O) groups excluding carboxylic acids is 5. The van der Waals surface area contributed by atoms with Crippen molar-refractivity contribution in [3.05, 3.63) is 58.3 Å². The molecule has 2 aliphatic heterocycles. The van der Waals surface area contributed by atoms with Crippen LogP contribution >= 0.6 is 11.3 Å². The van der Waals surface area contributed by atoms with E-state index in [-0.39, 0.29) is 24.1 Å². The maximum atomic E-state index is 15.3. The van der Waals surface area contributed by atoms with E-state index in [0.29, 0.717) is 9.91 Å². The van der Waals surface area contributed by atoms with Crippen LogP contribution in [0.25, 0.3) is 10.2 Å². The van der Waals surface area contributed by atoms with Crippen LogP contribution < -0.4 is 16.0 Å². The Morgan fingerprint density at radius 3 is 2.61 bits per heavy atom. The van der Waals surface area contributed by atoms with Gasteiger partial charge in [-0.25, -0.2) is 14.2 Å². The van der Waals surface area contributed by atoms with Gasteiger partial charge in [0.2, 0.25) is 11.8 Å². The number of halogens is 1. The second-order valence-corrected chi connectivity index (χ2v) is 10.0. The first-order chi connectivity index (χ1) is 17.1. The summed E-state index contributed by atoms with van der Waals surface area (Å²) in [5.41, 5.74) is -1.16. The second-order valence-electron chi connectivity index (χ2n) is 8.99. The number of thiazole rings is 1. The number of piperidine rings is 1. The van der Waals surface area contributed by atoms with E-state index in [2.05, 4.69) is 20.9 Å². The molecule has 184 valence electrons. The summed E-state index contributed by atoms with van der Waals surface area (Å²) in [7, 11) is 0. The number of nitrogens with zero attached hydrogens (tertiary/aromatic N) is 2.